The standard InChI is InChI=1S/C22H26N4OS/c1-14(2)21-23-15(3)20(28-21)22(27)26-12-10-17-18(11-13-26)25(4)24-19(17)16-8-6-5-7-9-16/h5-9,14H,10-13H2,1-4H3. The zero-order chi connectivity index (χ0) is 19.8. The minimum absolute atomic E-state index is 0.115. The van der Waals surface area contributed by atoms with Crippen molar-refractivity contribution >= 4 is 17.2 Å². The first kappa shape index (κ1) is 18.9. The number of benzene rings is 1. The van der Waals surface area contributed by atoms with E-state index in [4.69, 9.17) is 5.10 Å². The van der Waals surface area contributed by atoms with Gasteiger partial charge in [0.25, 0.3) is 5.91 Å². The molecule has 3 aromatic rings. The number of aromatic nitrogens is 3. The third-order valence-corrected chi connectivity index (χ3v) is 6.81. The lowest BCUT2D eigenvalue weighted by molar-refractivity contribution is 0.0766. The normalized spacial score (nSPS) is 14.2. The molecule has 0 N–H and O–H groups in total. The van der Waals surface area contributed by atoms with Crippen LogP contribution >= 0.6 is 11.3 Å². The third kappa shape index (κ3) is 3.37. The predicted molar refractivity (Wildman–Crippen MR) is 113 cm³/mol. The van der Waals surface area contributed by atoms with Gasteiger partial charge in [-0.3, -0.25) is 9.48 Å². The van der Waals surface area contributed by atoms with Gasteiger partial charge in [-0.1, -0.05) is 44.2 Å². The molecule has 0 spiro atoms. The number of hydrogen-bond acceptors (Lipinski definition) is 4. The van der Waals surface area contributed by atoms with Crippen molar-refractivity contribution in [2.45, 2.75) is 39.5 Å². The van der Waals surface area contributed by atoms with Gasteiger partial charge in [0.15, 0.2) is 0 Å². The van der Waals surface area contributed by atoms with E-state index in [1.807, 2.05) is 41.8 Å². The lowest BCUT2D eigenvalue weighted by Crippen LogP contribution is -2.33. The van der Waals surface area contributed by atoms with Gasteiger partial charge in [-0.15, -0.1) is 11.3 Å². The van der Waals surface area contributed by atoms with E-state index in [1.165, 1.54) is 11.3 Å². The van der Waals surface area contributed by atoms with Crippen LogP contribution in [0, 0.1) is 6.92 Å². The Morgan fingerprint density at radius 3 is 2.54 bits per heavy atom. The Balaban J connectivity index is 1.59. The Bertz CT molecular complexity index is 1000. The second kappa shape index (κ2) is 7.51. The second-order valence-corrected chi connectivity index (χ2v) is 8.71. The van der Waals surface area contributed by atoms with Crippen LogP contribution in [-0.2, 0) is 19.9 Å². The van der Waals surface area contributed by atoms with E-state index in [9.17, 15) is 4.79 Å². The van der Waals surface area contributed by atoms with Gasteiger partial charge in [0, 0.05) is 49.3 Å². The second-order valence-electron chi connectivity index (χ2n) is 7.68. The molecule has 6 heteroatoms. The Morgan fingerprint density at radius 2 is 1.86 bits per heavy atom. The number of carbonyl (C=O) groups excluding carboxylic acids is 1. The van der Waals surface area contributed by atoms with Crippen LogP contribution in [0.5, 0.6) is 0 Å². The van der Waals surface area contributed by atoms with E-state index in [0.29, 0.717) is 19.0 Å². The first-order valence-corrected chi connectivity index (χ1v) is 10.6. The molecule has 2 aromatic heterocycles. The maximum Gasteiger partial charge on any atom is 0.265 e. The number of carbonyl (C=O) groups is 1. The Labute approximate surface area is 170 Å². The Hall–Kier alpha value is -2.47. The van der Waals surface area contributed by atoms with E-state index in [1.54, 1.807) is 11.3 Å². The maximum atomic E-state index is 13.2. The van der Waals surface area contributed by atoms with E-state index in [0.717, 1.165) is 39.7 Å². The summed E-state index contributed by atoms with van der Waals surface area (Å²) in [6.07, 6.45) is 1.65. The zero-order valence-electron chi connectivity index (χ0n) is 16.9. The van der Waals surface area contributed by atoms with Crippen LogP contribution in [0.1, 0.15) is 51.4 Å². The zero-order valence-corrected chi connectivity index (χ0v) is 17.7. The van der Waals surface area contributed by atoms with Gasteiger partial charge in [0.2, 0.25) is 0 Å². The average Bonchev–Trinajstić information content (AvgIpc) is 3.13. The highest BCUT2D eigenvalue weighted by molar-refractivity contribution is 7.13. The van der Waals surface area contributed by atoms with Crippen LogP contribution in [0.3, 0.4) is 0 Å². The summed E-state index contributed by atoms with van der Waals surface area (Å²) in [7, 11) is 2.00. The van der Waals surface area contributed by atoms with Crippen molar-refractivity contribution in [2.24, 2.45) is 7.05 Å². The van der Waals surface area contributed by atoms with E-state index in [2.05, 4.69) is 31.0 Å². The molecule has 0 unspecified atom stereocenters. The van der Waals surface area contributed by atoms with Crippen molar-refractivity contribution in [3.05, 3.63) is 57.2 Å². The lowest BCUT2D eigenvalue weighted by atomic mass is 10.0. The van der Waals surface area contributed by atoms with E-state index >= 15 is 0 Å². The minimum atomic E-state index is 0.115. The monoisotopic (exact) mass is 394 g/mol. The van der Waals surface area contributed by atoms with Crippen LogP contribution in [0.2, 0.25) is 0 Å². The van der Waals surface area contributed by atoms with Crippen LogP contribution < -0.4 is 0 Å². The molecule has 1 aliphatic heterocycles. The number of hydrogen-bond donors (Lipinski definition) is 0. The highest BCUT2D eigenvalue weighted by Gasteiger charge is 2.27. The number of aryl methyl sites for hydroxylation is 2. The van der Waals surface area contributed by atoms with Crippen molar-refractivity contribution in [2.75, 3.05) is 13.1 Å². The molecule has 0 saturated heterocycles. The van der Waals surface area contributed by atoms with Gasteiger partial charge < -0.3 is 4.90 Å². The van der Waals surface area contributed by atoms with Crippen LogP contribution in [-0.4, -0.2) is 38.7 Å². The molecule has 0 atom stereocenters. The summed E-state index contributed by atoms with van der Waals surface area (Å²) < 4.78 is 1.99. The van der Waals surface area contributed by atoms with Crippen molar-refractivity contribution in [3.63, 3.8) is 0 Å². The van der Waals surface area contributed by atoms with Gasteiger partial charge in [0.05, 0.1) is 16.4 Å². The molecular formula is C22H26N4OS. The average molecular weight is 395 g/mol. The molecule has 1 amide bonds. The smallest absolute Gasteiger partial charge is 0.265 e. The van der Waals surface area contributed by atoms with Crippen molar-refractivity contribution in [3.8, 4) is 11.3 Å². The number of nitrogens with zero attached hydrogens (tertiary/aromatic N) is 4. The molecule has 5 nitrogen and oxygen atoms in total. The summed E-state index contributed by atoms with van der Waals surface area (Å²) in [6, 6.07) is 10.3. The number of amides is 1. The Morgan fingerprint density at radius 1 is 1.14 bits per heavy atom. The molecule has 3 heterocycles. The highest BCUT2D eigenvalue weighted by atomic mass is 32.1. The molecule has 1 aliphatic rings. The predicted octanol–water partition coefficient (Wildman–Crippen LogP) is 4.22. The molecule has 28 heavy (non-hydrogen) atoms. The molecule has 4 rings (SSSR count). The summed E-state index contributed by atoms with van der Waals surface area (Å²) in [4.78, 5) is 20.6. The number of rotatable bonds is 3. The molecule has 0 saturated carbocycles. The van der Waals surface area contributed by atoms with Gasteiger partial charge in [-0.2, -0.15) is 5.10 Å². The van der Waals surface area contributed by atoms with Gasteiger partial charge in [-0.05, 0) is 13.3 Å². The largest absolute Gasteiger partial charge is 0.337 e. The first-order valence-electron chi connectivity index (χ1n) is 9.82. The van der Waals surface area contributed by atoms with E-state index < -0.39 is 0 Å². The molecule has 146 valence electrons. The number of thiazole rings is 1. The quantitative estimate of drug-likeness (QED) is 0.668. The fourth-order valence-electron chi connectivity index (χ4n) is 3.81. The summed E-state index contributed by atoms with van der Waals surface area (Å²) in [5.41, 5.74) is 5.54. The van der Waals surface area contributed by atoms with Crippen molar-refractivity contribution in [1.29, 1.82) is 0 Å². The molecule has 0 fully saturated rings. The maximum absolute atomic E-state index is 13.2. The SMILES string of the molecule is Cc1nc(C(C)C)sc1C(=O)N1CCc2c(-c3ccccc3)nn(C)c2CC1. The summed E-state index contributed by atoms with van der Waals surface area (Å²) in [5.74, 6) is 0.460. The summed E-state index contributed by atoms with van der Waals surface area (Å²) >= 11 is 1.55. The molecule has 0 radical (unpaired) electrons. The first-order chi connectivity index (χ1) is 13.5. The van der Waals surface area contributed by atoms with Gasteiger partial charge >= 0.3 is 0 Å². The Kier molecular flexibility index (Phi) is 5.06. The number of fused-ring (bicyclic) bond motifs is 1. The fraction of sp³-hybridized carbons (Fsp3) is 0.409. The molecular weight excluding hydrogens is 368 g/mol. The fourth-order valence-corrected chi connectivity index (χ4v) is 4.85. The topological polar surface area (TPSA) is 51.0 Å². The van der Waals surface area contributed by atoms with Crippen molar-refractivity contribution < 1.29 is 4.79 Å². The summed E-state index contributed by atoms with van der Waals surface area (Å²) in [6.45, 7) is 7.61. The summed E-state index contributed by atoms with van der Waals surface area (Å²) in [5, 5.41) is 5.81. The van der Waals surface area contributed by atoms with Crippen LogP contribution in [0.25, 0.3) is 11.3 Å². The molecule has 0 bridgehead atoms. The van der Waals surface area contributed by atoms with E-state index in [-0.39, 0.29) is 5.91 Å². The molecule has 1 aromatic carbocycles. The van der Waals surface area contributed by atoms with Gasteiger partial charge in [0.1, 0.15) is 4.88 Å². The van der Waals surface area contributed by atoms with Crippen LogP contribution in [0.15, 0.2) is 30.3 Å². The highest BCUT2D eigenvalue weighted by Crippen LogP contribution is 2.30. The third-order valence-electron chi connectivity index (χ3n) is 5.36. The minimum Gasteiger partial charge on any atom is -0.337 e. The molecule has 0 aliphatic carbocycles. The van der Waals surface area contributed by atoms with Crippen molar-refractivity contribution in [1.82, 2.24) is 19.7 Å². The van der Waals surface area contributed by atoms with Gasteiger partial charge in [-0.25, -0.2) is 4.98 Å². The van der Waals surface area contributed by atoms with Crippen LogP contribution in [0.4, 0.5) is 0 Å². The lowest BCUT2D eigenvalue weighted by Gasteiger charge is -2.20.